The molecule has 0 heterocycles. The third-order valence-electron chi connectivity index (χ3n) is 1.90. The lowest BCUT2D eigenvalue weighted by Gasteiger charge is -2.08. The van der Waals surface area contributed by atoms with E-state index >= 15 is 0 Å². The minimum Gasteiger partial charge on any atom is -0.458 e. The molecule has 2 nitrogen and oxygen atoms in total. The Balaban J connectivity index is 3.57. The van der Waals surface area contributed by atoms with E-state index in [9.17, 15) is 4.79 Å². The number of allylic oxidation sites excluding steroid dienone is 1. The number of hydrogen-bond acceptors (Lipinski definition) is 2. The number of rotatable bonds is 7. The molecule has 0 rings (SSSR count). The maximum absolute atomic E-state index is 11.1. The summed E-state index contributed by atoms with van der Waals surface area (Å²) in [5, 5.41) is 0. The molecular formula is C12H22O2. The lowest BCUT2D eigenvalue weighted by molar-refractivity contribution is -0.146. The molecule has 0 radical (unpaired) electrons. The summed E-state index contributed by atoms with van der Waals surface area (Å²) in [6, 6.07) is 0. The monoisotopic (exact) mass is 198 g/mol. The highest BCUT2D eigenvalue weighted by Gasteiger charge is 2.04. The average molecular weight is 198 g/mol. The third-order valence-corrected chi connectivity index (χ3v) is 1.90. The molecule has 0 bridgehead atoms. The van der Waals surface area contributed by atoms with Gasteiger partial charge in [0.2, 0.25) is 0 Å². The van der Waals surface area contributed by atoms with Crippen molar-refractivity contribution in [3.8, 4) is 0 Å². The largest absolute Gasteiger partial charge is 0.458 e. The van der Waals surface area contributed by atoms with Gasteiger partial charge in [-0.25, -0.2) is 0 Å². The zero-order valence-electron chi connectivity index (χ0n) is 9.58. The Morgan fingerprint density at radius 3 is 2.64 bits per heavy atom. The first-order valence-corrected chi connectivity index (χ1v) is 5.56. The highest BCUT2D eigenvalue weighted by molar-refractivity contribution is 5.69. The van der Waals surface area contributed by atoms with Crippen LogP contribution in [0.2, 0.25) is 0 Å². The van der Waals surface area contributed by atoms with Crippen LogP contribution >= 0.6 is 0 Å². The van der Waals surface area contributed by atoms with E-state index in [0.717, 1.165) is 12.8 Å². The van der Waals surface area contributed by atoms with E-state index in [-0.39, 0.29) is 12.1 Å². The SMILES string of the molecule is CCCC/C=C/C(C)OC(=O)CCC. The number of hydrogen-bond donors (Lipinski definition) is 0. The lowest BCUT2D eigenvalue weighted by Crippen LogP contribution is -2.11. The molecule has 2 heteroatoms. The molecule has 0 fully saturated rings. The van der Waals surface area contributed by atoms with Crippen LogP contribution in [0.25, 0.3) is 0 Å². The Bertz CT molecular complexity index is 173. The van der Waals surface area contributed by atoms with Crippen LogP contribution in [0, 0.1) is 0 Å². The Kier molecular flexibility index (Phi) is 8.30. The molecule has 1 unspecified atom stereocenters. The molecule has 0 aliphatic rings. The summed E-state index contributed by atoms with van der Waals surface area (Å²) >= 11 is 0. The maximum atomic E-state index is 11.1. The predicted molar refractivity (Wildman–Crippen MR) is 59.1 cm³/mol. The molecule has 0 saturated carbocycles. The summed E-state index contributed by atoms with van der Waals surface area (Å²) in [6.07, 6.45) is 8.83. The van der Waals surface area contributed by atoms with Crippen LogP contribution in [0.4, 0.5) is 0 Å². The van der Waals surface area contributed by atoms with E-state index in [1.54, 1.807) is 0 Å². The number of ether oxygens (including phenoxy) is 1. The topological polar surface area (TPSA) is 26.3 Å². The van der Waals surface area contributed by atoms with Crippen molar-refractivity contribution in [3.63, 3.8) is 0 Å². The van der Waals surface area contributed by atoms with E-state index in [1.165, 1.54) is 12.8 Å². The average Bonchev–Trinajstić information content (AvgIpc) is 2.13. The number of esters is 1. The second-order valence-corrected chi connectivity index (χ2v) is 3.52. The number of carbonyl (C=O) groups is 1. The first-order valence-electron chi connectivity index (χ1n) is 5.56. The van der Waals surface area contributed by atoms with Gasteiger partial charge in [0.15, 0.2) is 0 Å². The van der Waals surface area contributed by atoms with E-state index < -0.39 is 0 Å². The third kappa shape index (κ3) is 7.84. The molecule has 1 atom stereocenters. The van der Waals surface area contributed by atoms with Gasteiger partial charge in [-0.15, -0.1) is 0 Å². The molecule has 0 aliphatic heterocycles. The van der Waals surface area contributed by atoms with Gasteiger partial charge in [-0.05, 0) is 25.8 Å². The number of unbranched alkanes of at least 4 members (excludes halogenated alkanes) is 2. The molecule has 0 spiro atoms. The standard InChI is InChI=1S/C12H22O2/c1-4-6-7-8-10-11(3)14-12(13)9-5-2/h8,10-11H,4-7,9H2,1-3H3/b10-8+. The summed E-state index contributed by atoms with van der Waals surface area (Å²) in [7, 11) is 0. The smallest absolute Gasteiger partial charge is 0.306 e. The van der Waals surface area contributed by atoms with E-state index in [2.05, 4.69) is 13.0 Å². The second kappa shape index (κ2) is 8.79. The van der Waals surface area contributed by atoms with Crippen LogP contribution in [0.1, 0.15) is 52.9 Å². The highest BCUT2D eigenvalue weighted by Crippen LogP contribution is 2.01. The zero-order chi connectivity index (χ0) is 10.8. The van der Waals surface area contributed by atoms with Gasteiger partial charge >= 0.3 is 5.97 Å². The fourth-order valence-corrected chi connectivity index (χ4v) is 1.12. The van der Waals surface area contributed by atoms with Crippen molar-refractivity contribution in [1.29, 1.82) is 0 Å². The van der Waals surface area contributed by atoms with Crippen molar-refractivity contribution < 1.29 is 9.53 Å². The molecule has 0 saturated heterocycles. The quantitative estimate of drug-likeness (QED) is 0.356. The van der Waals surface area contributed by atoms with Crippen LogP contribution in [-0.2, 0) is 9.53 Å². The van der Waals surface area contributed by atoms with Crippen molar-refractivity contribution in [2.75, 3.05) is 0 Å². The van der Waals surface area contributed by atoms with Gasteiger partial charge in [0.1, 0.15) is 6.10 Å². The minimum atomic E-state index is -0.0971. The summed E-state index contributed by atoms with van der Waals surface area (Å²) in [5.74, 6) is -0.0971. The predicted octanol–water partition coefficient (Wildman–Crippen LogP) is 3.46. The van der Waals surface area contributed by atoms with Gasteiger partial charge in [0.05, 0.1) is 0 Å². The van der Waals surface area contributed by atoms with Gasteiger partial charge in [0, 0.05) is 6.42 Å². The van der Waals surface area contributed by atoms with Crippen molar-refractivity contribution >= 4 is 5.97 Å². The Labute approximate surface area is 87.3 Å². The first-order chi connectivity index (χ1) is 6.70. The van der Waals surface area contributed by atoms with Crippen LogP contribution < -0.4 is 0 Å². The summed E-state index contributed by atoms with van der Waals surface area (Å²) in [6.45, 7) is 6.04. The van der Waals surface area contributed by atoms with Crippen LogP contribution in [0.5, 0.6) is 0 Å². The fourth-order valence-electron chi connectivity index (χ4n) is 1.12. The van der Waals surface area contributed by atoms with E-state index in [1.807, 2.05) is 19.9 Å². The van der Waals surface area contributed by atoms with Crippen molar-refractivity contribution in [2.45, 2.75) is 59.0 Å². The van der Waals surface area contributed by atoms with Gasteiger partial charge in [-0.2, -0.15) is 0 Å². The lowest BCUT2D eigenvalue weighted by atomic mass is 10.2. The van der Waals surface area contributed by atoms with Crippen molar-refractivity contribution in [2.24, 2.45) is 0 Å². The molecule has 0 aliphatic carbocycles. The molecule has 0 amide bonds. The van der Waals surface area contributed by atoms with E-state index in [4.69, 9.17) is 4.74 Å². The molecular weight excluding hydrogens is 176 g/mol. The van der Waals surface area contributed by atoms with Crippen LogP contribution in [0.3, 0.4) is 0 Å². The molecule has 0 aromatic carbocycles. The van der Waals surface area contributed by atoms with Crippen LogP contribution in [0.15, 0.2) is 12.2 Å². The minimum absolute atomic E-state index is 0.0779. The molecule has 82 valence electrons. The van der Waals surface area contributed by atoms with Crippen LogP contribution in [-0.4, -0.2) is 12.1 Å². The van der Waals surface area contributed by atoms with Gasteiger partial charge in [0.25, 0.3) is 0 Å². The number of carbonyl (C=O) groups excluding carboxylic acids is 1. The van der Waals surface area contributed by atoms with Gasteiger partial charge < -0.3 is 4.74 Å². The Morgan fingerprint density at radius 2 is 2.07 bits per heavy atom. The summed E-state index contributed by atoms with van der Waals surface area (Å²) in [5.41, 5.74) is 0. The molecule has 0 aromatic rings. The maximum Gasteiger partial charge on any atom is 0.306 e. The van der Waals surface area contributed by atoms with Crippen molar-refractivity contribution in [1.82, 2.24) is 0 Å². The molecule has 14 heavy (non-hydrogen) atoms. The summed E-state index contributed by atoms with van der Waals surface area (Å²) < 4.78 is 5.15. The summed E-state index contributed by atoms with van der Waals surface area (Å²) in [4.78, 5) is 11.1. The molecule has 0 aromatic heterocycles. The Morgan fingerprint density at radius 1 is 1.36 bits per heavy atom. The van der Waals surface area contributed by atoms with Gasteiger partial charge in [-0.3, -0.25) is 4.79 Å². The van der Waals surface area contributed by atoms with Crippen molar-refractivity contribution in [3.05, 3.63) is 12.2 Å². The van der Waals surface area contributed by atoms with E-state index in [0.29, 0.717) is 6.42 Å². The molecule has 0 N–H and O–H groups in total. The fraction of sp³-hybridized carbons (Fsp3) is 0.750. The highest BCUT2D eigenvalue weighted by atomic mass is 16.5. The zero-order valence-corrected chi connectivity index (χ0v) is 9.58. The first kappa shape index (κ1) is 13.2. The normalized spacial score (nSPS) is 13.1. The Hall–Kier alpha value is -0.790. The van der Waals surface area contributed by atoms with Gasteiger partial charge in [-0.1, -0.05) is 32.8 Å². The second-order valence-electron chi connectivity index (χ2n) is 3.52.